The van der Waals surface area contributed by atoms with E-state index < -0.39 is 18.2 Å². The Balaban J connectivity index is 1.55. The van der Waals surface area contributed by atoms with Gasteiger partial charge >= 0.3 is 11.9 Å². The molecule has 2 aromatic carbocycles. The highest BCUT2D eigenvalue weighted by atomic mass is 16.6. The van der Waals surface area contributed by atoms with Gasteiger partial charge in [-0.2, -0.15) is 0 Å². The second-order valence-electron chi connectivity index (χ2n) is 10.2. The van der Waals surface area contributed by atoms with Crippen molar-refractivity contribution in [3.05, 3.63) is 60.2 Å². The molecule has 2 atom stereocenters. The third-order valence-electron chi connectivity index (χ3n) is 6.51. The Hall–Kier alpha value is -3.68. The number of ether oxygens (including phenoxy) is 2. The second-order valence-corrected chi connectivity index (χ2v) is 10.2. The fraction of sp³-hybridized carbons (Fsp3) is 0.429. The summed E-state index contributed by atoms with van der Waals surface area (Å²) in [6.07, 6.45) is 3.99. The number of hydrogen-bond donors (Lipinski definition) is 1. The van der Waals surface area contributed by atoms with Crippen LogP contribution in [0, 0.1) is 0 Å². The van der Waals surface area contributed by atoms with Crippen molar-refractivity contribution >= 4 is 23.0 Å². The number of para-hydroxylation sites is 1. The number of aromatic hydroxyl groups is 1. The van der Waals surface area contributed by atoms with E-state index in [1.807, 2.05) is 57.2 Å². The van der Waals surface area contributed by atoms with Crippen LogP contribution in [-0.2, 0) is 30.9 Å². The molecule has 0 bridgehead atoms. The Labute approximate surface area is 210 Å². The lowest BCUT2D eigenvalue weighted by atomic mass is 9.84. The Morgan fingerprint density at radius 2 is 1.83 bits per heavy atom. The third kappa shape index (κ3) is 5.58. The fourth-order valence-corrected chi connectivity index (χ4v) is 4.61. The first-order chi connectivity index (χ1) is 17.2. The number of aryl methyl sites for hydroxylation is 1. The van der Waals surface area contributed by atoms with Gasteiger partial charge in [0.15, 0.2) is 0 Å². The average Bonchev–Trinajstić information content (AvgIpc) is 3.28. The van der Waals surface area contributed by atoms with Gasteiger partial charge in [0.05, 0.1) is 5.52 Å². The van der Waals surface area contributed by atoms with Gasteiger partial charge in [-0.15, -0.1) is 5.10 Å². The third-order valence-corrected chi connectivity index (χ3v) is 6.51. The molecule has 3 aromatic rings. The number of aromatic nitrogens is 3. The summed E-state index contributed by atoms with van der Waals surface area (Å²) in [5.74, 6) is -0.715. The second kappa shape index (κ2) is 10.5. The normalized spacial score (nSPS) is 18.1. The van der Waals surface area contributed by atoms with Gasteiger partial charge < -0.3 is 14.6 Å². The Kier molecular flexibility index (Phi) is 7.43. The van der Waals surface area contributed by atoms with Gasteiger partial charge in [0, 0.05) is 18.1 Å². The first-order valence-corrected chi connectivity index (χ1v) is 12.4. The maximum atomic E-state index is 12.8. The van der Waals surface area contributed by atoms with E-state index in [4.69, 9.17) is 9.47 Å². The van der Waals surface area contributed by atoms with Crippen LogP contribution in [0.15, 0.2) is 49.1 Å². The van der Waals surface area contributed by atoms with Crippen LogP contribution >= 0.6 is 0 Å². The van der Waals surface area contributed by atoms with Crippen molar-refractivity contribution in [2.45, 2.75) is 76.9 Å². The fourth-order valence-electron chi connectivity index (χ4n) is 4.61. The number of esters is 2. The van der Waals surface area contributed by atoms with Gasteiger partial charge in [-0.3, -0.25) is 4.79 Å². The summed E-state index contributed by atoms with van der Waals surface area (Å²) < 4.78 is 12.8. The number of carbonyl (C=O) groups excluding carboxylic acids is 2. The number of carbonyl (C=O) groups is 2. The zero-order valence-electron chi connectivity index (χ0n) is 21.1. The molecule has 36 heavy (non-hydrogen) atoms. The van der Waals surface area contributed by atoms with Gasteiger partial charge in [0.25, 0.3) is 0 Å². The highest BCUT2D eigenvalue weighted by Crippen LogP contribution is 2.37. The van der Waals surface area contributed by atoms with Crippen molar-refractivity contribution in [3.63, 3.8) is 0 Å². The Morgan fingerprint density at radius 1 is 1.14 bits per heavy atom. The zero-order valence-corrected chi connectivity index (χ0v) is 21.1. The molecule has 4 rings (SSSR count). The maximum Gasteiger partial charge on any atom is 0.330 e. The molecule has 2 unspecified atom stereocenters. The molecule has 1 aliphatic carbocycles. The summed E-state index contributed by atoms with van der Waals surface area (Å²) in [7, 11) is 0. The number of nitrogens with zero attached hydrogens (tertiary/aromatic N) is 3. The smallest absolute Gasteiger partial charge is 0.330 e. The summed E-state index contributed by atoms with van der Waals surface area (Å²) in [4.78, 5) is 24.4. The molecule has 0 radical (unpaired) electrons. The maximum absolute atomic E-state index is 12.8. The van der Waals surface area contributed by atoms with E-state index in [1.165, 1.54) is 0 Å². The summed E-state index contributed by atoms with van der Waals surface area (Å²) in [6.45, 7) is 9.51. The van der Waals surface area contributed by atoms with Crippen LogP contribution in [0.4, 0.5) is 0 Å². The molecule has 0 spiro atoms. The van der Waals surface area contributed by atoms with Gasteiger partial charge in [0.2, 0.25) is 0 Å². The monoisotopic (exact) mass is 491 g/mol. The SMILES string of the molecule is C=CC(=O)OC1CCCCC1OC(=O)CCc1cc(-n2nnc3ccccc32)c(O)c(C(C)(C)C)c1. The molecular formula is C28H33N3O5. The number of hydrogen-bond acceptors (Lipinski definition) is 7. The average molecular weight is 492 g/mol. The van der Waals surface area contributed by atoms with Crippen LogP contribution in [0.5, 0.6) is 5.75 Å². The van der Waals surface area contributed by atoms with Crippen LogP contribution in [0.3, 0.4) is 0 Å². The molecule has 0 saturated heterocycles. The van der Waals surface area contributed by atoms with E-state index in [1.54, 1.807) is 4.68 Å². The molecule has 8 nitrogen and oxygen atoms in total. The first kappa shape index (κ1) is 25.4. The van der Waals surface area contributed by atoms with Crippen LogP contribution in [0.1, 0.15) is 64.0 Å². The number of benzene rings is 2. The van der Waals surface area contributed by atoms with E-state index in [9.17, 15) is 14.7 Å². The van der Waals surface area contributed by atoms with Crippen molar-refractivity contribution in [3.8, 4) is 11.4 Å². The summed E-state index contributed by atoms with van der Waals surface area (Å²) in [6, 6.07) is 11.3. The van der Waals surface area contributed by atoms with Gasteiger partial charge in [-0.1, -0.05) is 50.8 Å². The number of phenols is 1. The molecule has 0 amide bonds. The summed E-state index contributed by atoms with van der Waals surface area (Å²) >= 11 is 0. The first-order valence-electron chi connectivity index (χ1n) is 12.4. The van der Waals surface area contributed by atoms with Crippen molar-refractivity contribution in [2.24, 2.45) is 0 Å². The highest BCUT2D eigenvalue weighted by molar-refractivity contribution is 5.81. The molecule has 1 heterocycles. The van der Waals surface area contributed by atoms with E-state index in [0.717, 1.165) is 41.1 Å². The largest absolute Gasteiger partial charge is 0.505 e. The van der Waals surface area contributed by atoms with Crippen molar-refractivity contribution in [2.75, 3.05) is 0 Å². The topological polar surface area (TPSA) is 104 Å². The quantitative estimate of drug-likeness (QED) is 0.369. The standard InChI is InChI=1S/C28H33N3O5/c1-5-25(32)35-23-12-8-9-13-24(23)36-26(33)15-14-18-16-19(28(2,3)4)27(34)22(17-18)31-21-11-7-6-10-20(21)29-30-31/h5-7,10-11,16-17,23-24,34H,1,8-9,12-15H2,2-4H3. The Bertz CT molecular complexity index is 1270. The highest BCUT2D eigenvalue weighted by Gasteiger charge is 2.31. The molecule has 190 valence electrons. The number of phenolic OH excluding ortho intramolecular Hbond substituents is 1. The van der Waals surface area contributed by atoms with Gasteiger partial charge in [0.1, 0.15) is 29.2 Å². The summed E-state index contributed by atoms with van der Waals surface area (Å²) in [5.41, 5.74) is 3.32. The van der Waals surface area contributed by atoms with Crippen LogP contribution in [0.25, 0.3) is 16.7 Å². The van der Waals surface area contributed by atoms with Crippen molar-refractivity contribution < 1.29 is 24.2 Å². The van der Waals surface area contributed by atoms with E-state index >= 15 is 0 Å². The lowest BCUT2D eigenvalue weighted by Gasteiger charge is -2.30. The van der Waals surface area contributed by atoms with Crippen LogP contribution in [-0.4, -0.2) is 44.2 Å². The zero-order chi connectivity index (χ0) is 25.9. The predicted molar refractivity (Wildman–Crippen MR) is 136 cm³/mol. The Morgan fingerprint density at radius 3 is 2.53 bits per heavy atom. The molecule has 1 saturated carbocycles. The number of fused-ring (bicyclic) bond motifs is 1. The minimum Gasteiger partial charge on any atom is -0.505 e. The van der Waals surface area contributed by atoms with E-state index in [-0.39, 0.29) is 23.6 Å². The molecule has 1 aliphatic rings. The lowest BCUT2D eigenvalue weighted by Crippen LogP contribution is -2.37. The molecule has 0 aliphatic heterocycles. The van der Waals surface area contributed by atoms with Gasteiger partial charge in [-0.05, 0) is 61.3 Å². The predicted octanol–water partition coefficient (Wildman–Crippen LogP) is 4.94. The van der Waals surface area contributed by atoms with Crippen LogP contribution in [0.2, 0.25) is 0 Å². The van der Waals surface area contributed by atoms with Crippen LogP contribution < -0.4 is 0 Å². The van der Waals surface area contributed by atoms with Crippen molar-refractivity contribution in [1.82, 2.24) is 15.0 Å². The van der Waals surface area contributed by atoms with E-state index in [2.05, 4.69) is 16.9 Å². The molecule has 1 N–H and O–H groups in total. The molecule has 1 aromatic heterocycles. The summed E-state index contributed by atoms with van der Waals surface area (Å²) in [5, 5.41) is 19.7. The molecule has 8 heteroatoms. The number of rotatable bonds is 7. The molecule has 1 fully saturated rings. The lowest BCUT2D eigenvalue weighted by molar-refractivity contribution is -0.168. The van der Waals surface area contributed by atoms with E-state index in [0.29, 0.717) is 24.9 Å². The van der Waals surface area contributed by atoms with Gasteiger partial charge in [-0.25, -0.2) is 9.48 Å². The molecular weight excluding hydrogens is 458 g/mol. The minimum absolute atomic E-state index is 0.138. The van der Waals surface area contributed by atoms with Crippen molar-refractivity contribution in [1.29, 1.82) is 0 Å². The minimum atomic E-state index is -0.505.